The van der Waals surface area contributed by atoms with Crippen LogP contribution in [0.1, 0.15) is 31.2 Å². The minimum absolute atomic E-state index is 0.148. The Morgan fingerprint density at radius 1 is 1.50 bits per heavy atom. The van der Waals surface area contributed by atoms with E-state index in [-0.39, 0.29) is 6.54 Å². The molecule has 1 saturated heterocycles. The molecule has 1 aromatic heterocycles. The molecule has 1 N–H and O–H groups in total. The molecule has 6 nitrogen and oxygen atoms in total. The van der Waals surface area contributed by atoms with Crippen molar-refractivity contribution in [3.05, 3.63) is 17.5 Å². The highest BCUT2D eigenvalue weighted by molar-refractivity contribution is 7.87. The van der Waals surface area contributed by atoms with Crippen LogP contribution in [-0.2, 0) is 16.8 Å². The lowest BCUT2D eigenvalue weighted by Gasteiger charge is -2.29. The smallest absolute Gasteiger partial charge is 0.279 e. The van der Waals surface area contributed by atoms with E-state index in [1.165, 1.54) is 4.31 Å². The fourth-order valence-electron chi connectivity index (χ4n) is 1.98. The lowest BCUT2D eigenvalue weighted by Crippen LogP contribution is -2.44. The van der Waals surface area contributed by atoms with Crippen molar-refractivity contribution in [1.82, 2.24) is 14.2 Å². The van der Waals surface area contributed by atoms with Gasteiger partial charge < -0.3 is 4.52 Å². The van der Waals surface area contributed by atoms with E-state index < -0.39 is 10.2 Å². The Bertz CT molecular complexity index is 489. The number of hydrogen-bond donors (Lipinski definition) is 1. The van der Waals surface area contributed by atoms with Crippen molar-refractivity contribution in [1.29, 1.82) is 0 Å². The molecule has 7 heteroatoms. The van der Waals surface area contributed by atoms with Gasteiger partial charge in [0.05, 0.1) is 12.2 Å². The molecular formula is C11H19N3O3S. The Morgan fingerprint density at radius 3 is 2.72 bits per heavy atom. The minimum Gasteiger partial charge on any atom is -0.360 e. The highest BCUT2D eigenvalue weighted by Gasteiger charge is 2.26. The molecule has 0 bridgehead atoms. The fourth-order valence-corrected chi connectivity index (χ4v) is 3.18. The van der Waals surface area contributed by atoms with Gasteiger partial charge in [-0.15, -0.1) is 0 Å². The third-order valence-electron chi connectivity index (χ3n) is 3.19. The van der Waals surface area contributed by atoms with Crippen LogP contribution in [0.3, 0.4) is 0 Å². The van der Waals surface area contributed by atoms with Gasteiger partial charge >= 0.3 is 0 Å². The standard InChI is InChI=1S/C11H19N3O3S/c1-9-3-5-14(6-4-9)18(15,16)12-8-11-7-10(2)13-17-11/h7,9,12H,3-6,8H2,1-2H3. The molecular weight excluding hydrogens is 254 g/mol. The molecule has 0 radical (unpaired) electrons. The minimum atomic E-state index is -3.40. The van der Waals surface area contributed by atoms with Crippen LogP contribution in [-0.4, -0.2) is 31.0 Å². The molecule has 0 atom stereocenters. The van der Waals surface area contributed by atoms with E-state index in [0.29, 0.717) is 24.8 Å². The Kier molecular flexibility index (Phi) is 4.04. The molecule has 1 aliphatic heterocycles. The van der Waals surface area contributed by atoms with Crippen LogP contribution in [0.4, 0.5) is 0 Å². The SMILES string of the molecule is Cc1cc(CNS(=O)(=O)N2CCC(C)CC2)on1. The van der Waals surface area contributed by atoms with E-state index in [2.05, 4.69) is 16.8 Å². The molecule has 0 amide bonds. The van der Waals surface area contributed by atoms with Crippen LogP contribution in [0.25, 0.3) is 0 Å². The quantitative estimate of drug-likeness (QED) is 0.889. The van der Waals surface area contributed by atoms with Crippen LogP contribution < -0.4 is 4.72 Å². The van der Waals surface area contributed by atoms with E-state index in [1.54, 1.807) is 13.0 Å². The summed E-state index contributed by atoms with van der Waals surface area (Å²) < 4.78 is 33.1. The zero-order valence-corrected chi connectivity index (χ0v) is 11.5. The molecule has 1 fully saturated rings. The van der Waals surface area contributed by atoms with Crippen LogP contribution in [0.15, 0.2) is 10.6 Å². The van der Waals surface area contributed by atoms with Gasteiger partial charge in [0.15, 0.2) is 5.76 Å². The Morgan fingerprint density at radius 2 is 2.17 bits per heavy atom. The predicted octanol–water partition coefficient (Wildman–Crippen LogP) is 1.05. The zero-order valence-electron chi connectivity index (χ0n) is 10.7. The average molecular weight is 273 g/mol. The van der Waals surface area contributed by atoms with Crippen LogP contribution in [0, 0.1) is 12.8 Å². The maximum atomic E-state index is 12.0. The van der Waals surface area contributed by atoms with E-state index in [9.17, 15) is 8.42 Å². The third kappa shape index (κ3) is 3.30. The van der Waals surface area contributed by atoms with Gasteiger partial charge in [-0.05, 0) is 25.7 Å². The number of piperidine rings is 1. The van der Waals surface area contributed by atoms with E-state index in [0.717, 1.165) is 18.5 Å². The van der Waals surface area contributed by atoms with Gasteiger partial charge in [-0.2, -0.15) is 17.4 Å². The van der Waals surface area contributed by atoms with Gasteiger partial charge in [-0.1, -0.05) is 12.1 Å². The second kappa shape index (κ2) is 5.38. The fraction of sp³-hybridized carbons (Fsp3) is 0.727. The topological polar surface area (TPSA) is 75.4 Å². The Hall–Kier alpha value is -0.920. The van der Waals surface area contributed by atoms with Gasteiger partial charge in [0.1, 0.15) is 0 Å². The van der Waals surface area contributed by atoms with Gasteiger partial charge in [0.2, 0.25) is 0 Å². The zero-order chi connectivity index (χ0) is 13.2. The first-order valence-electron chi connectivity index (χ1n) is 6.14. The summed E-state index contributed by atoms with van der Waals surface area (Å²) >= 11 is 0. The first kappa shape index (κ1) is 13.5. The summed E-state index contributed by atoms with van der Waals surface area (Å²) in [5.74, 6) is 1.13. The molecule has 0 saturated carbocycles. The molecule has 2 heterocycles. The summed E-state index contributed by atoms with van der Waals surface area (Å²) in [4.78, 5) is 0. The molecule has 1 aliphatic rings. The maximum Gasteiger partial charge on any atom is 0.279 e. The second-order valence-corrected chi connectivity index (χ2v) is 6.60. The number of nitrogens with zero attached hydrogens (tertiary/aromatic N) is 2. The maximum absolute atomic E-state index is 12.0. The molecule has 102 valence electrons. The van der Waals surface area contributed by atoms with Crippen molar-refractivity contribution in [2.24, 2.45) is 5.92 Å². The van der Waals surface area contributed by atoms with Gasteiger partial charge in [-0.3, -0.25) is 0 Å². The van der Waals surface area contributed by atoms with Crippen molar-refractivity contribution in [3.8, 4) is 0 Å². The van der Waals surface area contributed by atoms with Gasteiger partial charge in [-0.25, -0.2) is 0 Å². The van der Waals surface area contributed by atoms with Crippen molar-refractivity contribution in [2.75, 3.05) is 13.1 Å². The lowest BCUT2D eigenvalue weighted by atomic mass is 10.0. The van der Waals surface area contributed by atoms with Crippen molar-refractivity contribution >= 4 is 10.2 Å². The summed E-state index contributed by atoms with van der Waals surface area (Å²) in [5.41, 5.74) is 0.746. The molecule has 0 unspecified atom stereocenters. The Labute approximate surface area is 108 Å². The first-order chi connectivity index (χ1) is 8.47. The molecule has 2 rings (SSSR count). The summed E-state index contributed by atoms with van der Waals surface area (Å²) in [5, 5.41) is 3.72. The number of rotatable bonds is 4. The monoisotopic (exact) mass is 273 g/mol. The normalized spacial score (nSPS) is 19.2. The van der Waals surface area contributed by atoms with Crippen LogP contribution in [0.5, 0.6) is 0 Å². The predicted molar refractivity (Wildman–Crippen MR) is 67.0 cm³/mol. The van der Waals surface area contributed by atoms with Crippen molar-refractivity contribution < 1.29 is 12.9 Å². The van der Waals surface area contributed by atoms with Crippen molar-refractivity contribution in [2.45, 2.75) is 33.2 Å². The highest BCUT2D eigenvalue weighted by Crippen LogP contribution is 2.18. The highest BCUT2D eigenvalue weighted by atomic mass is 32.2. The number of hydrogen-bond acceptors (Lipinski definition) is 4. The van der Waals surface area contributed by atoms with E-state index in [4.69, 9.17) is 4.52 Å². The average Bonchev–Trinajstić information content (AvgIpc) is 2.73. The summed E-state index contributed by atoms with van der Waals surface area (Å²) in [6, 6.07) is 1.72. The largest absolute Gasteiger partial charge is 0.360 e. The van der Waals surface area contributed by atoms with E-state index >= 15 is 0 Å². The van der Waals surface area contributed by atoms with Gasteiger partial charge in [0.25, 0.3) is 10.2 Å². The molecule has 1 aromatic rings. The molecule has 0 aliphatic carbocycles. The van der Waals surface area contributed by atoms with Crippen LogP contribution in [0.2, 0.25) is 0 Å². The number of aromatic nitrogens is 1. The summed E-state index contributed by atoms with van der Waals surface area (Å²) in [7, 11) is -3.40. The number of nitrogens with one attached hydrogen (secondary N) is 1. The summed E-state index contributed by atoms with van der Waals surface area (Å²) in [6.45, 7) is 5.27. The Balaban J connectivity index is 1.91. The third-order valence-corrected chi connectivity index (χ3v) is 4.74. The van der Waals surface area contributed by atoms with Crippen molar-refractivity contribution in [3.63, 3.8) is 0 Å². The molecule has 0 aromatic carbocycles. The number of aryl methyl sites for hydroxylation is 1. The first-order valence-corrected chi connectivity index (χ1v) is 7.58. The molecule has 0 spiro atoms. The second-order valence-electron chi connectivity index (χ2n) is 4.84. The van der Waals surface area contributed by atoms with Gasteiger partial charge in [0, 0.05) is 19.2 Å². The van der Waals surface area contributed by atoms with Crippen LogP contribution >= 0.6 is 0 Å². The lowest BCUT2D eigenvalue weighted by molar-refractivity contribution is 0.284. The summed E-state index contributed by atoms with van der Waals surface area (Å²) in [6.07, 6.45) is 1.84. The van der Waals surface area contributed by atoms with E-state index in [1.807, 2.05) is 0 Å². The molecule has 18 heavy (non-hydrogen) atoms.